The highest BCUT2D eigenvalue weighted by Crippen LogP contribution is 2.21. The fourth-order valence-electron chi connectivity index (χ4n) is 3.87. The van der Waals surface area contributed by atoms with E-state index in [4.69, 9.17) is 4.74 Å². The zero-order valence-electron chi connectivity index (χ0n) is 17.9. The van der Waals surface area contributed by atoms with Gasteiger partial charge in [-0.25, -0.2) is 9.97 Å². The van der Waals surface area contributed by atoms with Gasteiger partial charge in [-0.15, -0.1) is 0 Å². The predicted octanol–water partition coefficient (Wildman–Crippen LogP) is 1.86. The summed E-state index contributed by atoms with van der Waals surface area (Å²) in [7, 11) is 0. The highest BCUT2D eigenvalue weighted by Gasteiger charge is 2.27. The zero-order chi connectivity index (χ0) is 20.9. The van der Waals surface area contributed by atoms with E-state index in [0.717, 1.165) is 56.0 Å². The van der Waals surface area contributed by atoms with Crippen molar-refractivity contribution in [2.24, 2.45) is 0 Å². The minimum atomic E-state index is -0.266. The van der Waals surface area contributed by atoms with Crippen LogP contribution in [0.25, 0.3) is 11.0 Å². The van der Waals surface area contributed by atoms with E-state index in [0.29, 0.717) is 18.7 Å². The molecular weight excluding hydrogens is 370 g/mol. The molecule has 1 amide bonds. The number of aryl methyl sites for hydroxylation is 1. The van der Waals surface area contributed by atoms with E-state index in [1.165, 1.54) is 6.33 Å². The molecule has 9 heteroatoms. The molecule has 0 radical (unpaired) electrons. The van der Waals surface area contributed by atoms with Gasteiger partial charge in [0.1, 0.15) is 12.1 Å². The standard InChI is InChI=1S/C20H33N7O2/c1-5-27-9-10-29-12-15(27)11-16(28)24-20(3,4)7-6-8-21-18-17-14(2)25-26-19(17)23-13-22-18/h13,15H,5-12H2,1-4H3,(H,24,28)(H2,21,22,23,25,26). The van der Waals surface area contributed by atoms with Crippen LogP contribution in [-0.4, -0.2) is 75.4 Å². The lowest BCUT2D eigenvalue weighted by atomic mass is 9.97. The summed E-state index contributed by atoms with van der Waals surface area (Å²) in [5.41, 5.74) is 1.35. The number of rotatable bonds is 9. The Morgan fingerprint density at radius 2 is 2.24 bits per heavy atom. The molecule has 1 aliphatic rings. The van der Waals surface area contributed by atoms with Crippen LogP contribution in [0.5, 0.6) is 0 Å². The fraction of sp³-hybridized carbons (Fsp3) is 0.700. The molecular formula is C20H33N7O2. The molecule has 0 aromatic carbocycles. The van der Waals surface area contributed by atoms with E-state index < -0.39 is 0 Å². The number of amides is 1. The van der Waals surface area contributed by atoms with Crippen LogP contribution in [0.1, 0.15) is 45.7 Å². The van der Waals surface area contributed by atoms with Crippen molar-refractivity contribution in [2.45, 2.75) is 58.5 Å². The van der Waals surface area contributed by atoms with E-state index in [-0.39, 0.29) is 17.5 Å². The number of fused-ring (bicyclic) bond motifs is 1. The Hall–Kier alpha value is -2.26. The average Bonchev–Trinajstić information content (AvgIpc) is 3.07. The van der Waals surface area contributed by atoms with E-state index in [9.17, 15) is 4.79 Å². The lowest BCUT2D eigenvalue weighted by Crippen LogP contribution is -2.50. The van der Waals surface area contributed by atoms with Crippen molar-refractivity contribution >= 4 is 22.8 Å². The van der Waals surface area contributed by atoms with E-state index >= 15 is 0 Å². The van der Waals surface area contributed by atoms with Gasteiger partial charge in [0.25, 0.3) is 0 Å². The summed E-state index contributed by atoms with van der Waals surface area (Å²) < 4.78 is 5.55. The minimum Gasteiger partial charge on any atom is -0.378 e. The van der Waals surface area contributed by atoms with Gasteiger partial charge in [-0.1, -0.05) is 6.92 Å². The van der Waals surface area contributed by atoms with E-state index in [1.807, 2.05) is 6.92 Å². The SMILES string of the molecule is CCN1CCOCC1CC(=O)NC(C)(C)CCCNc1ncnc2n[nH]c(C)c12. The first-order valence-corrected chi connectivity index (χ1v) is 10.4. The number of anilines is 1. The lowest BCUT2D eigenvalue weighted by Gasteiger charge is -2.35. The highest BCUT2D eigenvalue weighted by molar-refractivity contribution is 5.88. The topological polar surface area (TPSA) is 108 Å². The summed E-state index contributed by atoms with van der Waals surface area (Å²) in [6.45, 7) is 12.2. The number of aromatic amines is 1. The second kappa shape index (κ2) is 9.49. The number of carbonyl (C=O) groups is 1. The molecule has 1 atom stereocenters. The molecule has 29 heavy (non-hydrogen) atoms. The summed E-state index contributed by atoms with van der Waals surface area (Å²) in [4.78, 5) is 23.4. The van der Waals surface area contributed by atoms with Gasteiger partial charge >= 0.3 is 0 Å². The summed E-state index contributed by atoms with van der Waals surface area (Å²) >= 11 is 0. The number of likely N-dealkylation sites (N-methyl/N-ethyl adjacent to an activating group) is 1. The highest BCUT2D eigenvalue weighted by atomic mass is 16.5. The van der Waals surface area contributed by atoms with E-state index in [1.54, 1.807) is 0 Å². The molecule has 0 aliphatic carbocycles. The minimum absolute atomic E-state index is 0.0865. The Morgan fingerprint density at radius 3 is 3.03 bits per heavy atom. The maximum absolute atomic E-state index is 12.6. The molecule has 9 nitrogen and oxygen atoms in total. The fourth-order valence-corrected chi connectivity index (χ4v) is 3.87. The van der Waals surface area contributed by atoms with Gasteiger partial charge in [-0.3, -0.25) is 14.8 Å². The number of hydrogen-bond acceptors (Lipinski definition) is 7. The van der Waals surface area contributed by atoms with Crippen LogP contribution in [0.4, 0.5) is 5.82 Å². The molecule has 0 bridgehead atoms. The smallest absolute Gasteiger partial charge is 0.222 e. The summed E-state index contributed by atoms with van der Waals surface area (Å²) in [6, 6.07) is 0.171. The maximum Gasteiger partial charge on any atom is 0.222 e. The number of morpholine rings is 1. The number of hydrogen-bond donors (Lipinski definition) is 3. The van der Waals surface area contributed by atoms with Crippen LogP contribution in [0.3, 0.4) is 0 Å². The summed E-state index contributed by atoms with van der Waals surface area (Å²) in [6.07, 6.45) is 3.77. The molecule has 2 aromatic rings. The zero-order valence-corrected chi connectivity index (χ0v) is 17.9. The predicted molar refractivity (Wildman–Crippen MR) is 113 cm³/mol. The van der Waals surface area contributed by atoms with Crippen LogP contribution < -0.4 is 10.6 Å². The Balaban J connectivity index is 1.44. The molecule has 2 aromatic heterocycles. The summed E-state index contributed by atoms with van der Waals surface area (Å²) in [5, 5.41) is 14.6. The first-order chi connectivity index (χ1) is 13.9. The van der Waals surface area contributed by atoms with Crippen LogP contribution in [-0.2, 0) is 9.53 Å². The molecule has 1 aliphatic heterocycles. The third-order valence-electron chi connectivity index (χ3n) is 5.46. The molecule has 3 N–H and O–H groups in total. The Kier molecular flexibility index (Phi) is 7.02. The van der Waals surface area contributed by atoms with Gasteiger partial charge in [-0.05, 0) is 40.2 Å². The van der Waals surface area contributed by atoms with Gasteiger partial charge in [-0.2, -0.15) is 5.10 Å². The van der Waals surface area contributed by atoms with Crippen molar-refractivity contribution in [2.75, 3.05) is 38.2 Å². The Morgan fingerprint density at radius 1 is 1.41 bits per heavy atom. The summed E-state index contributed by atoms with van der Waals surface area (Å²) in [5.74, 6) is 0.878. The largest absolute Gasteiger partial charge is 0.378 e. The molecule has 3 heterocycles. The maximum atomic E-state index is 12.6. The monoisotopic (exact) mass is 403 g/mol. The number of nitrogens with one attached hydrogen (secondary N) is 3. The van der Waals surface area contributed by atoms with Gasteiger partial charge in [0.05, 0.1) is 18.6 Å². The van der Waals surface area contributed by atoms with Crippen molar-refractivity contribution in [1.29, 1.82) is 0 Å². The van der Waals surface area contributed by atoms with Crippen LogP contribution in [0.15, 0.2) is 6.33 Å². The van der Waals surface area contributed by atoms with Crippen molar-refractivity contribution in [1.82, 2.24) is 30.4 Å². The molecule has 1 saturated heterocycles. The van der Waals surface area contributed by atoms with Crippen LogP contribution >= 0.6 is 0 Å². The lowest BCUT2D eigenvalue weighted by molar-refractivity contribution is -0.125. The number of nitrogens with zero attached hydrogens (tertiary/aromatic N) is 4. The second-order valence-electron chi connectivity index (χ2n) is 8.29. The number of ether oxygens (including phenoxy) is 1. The molecule has 1 fully saturated rings. The number of H-pyrrole nitrogens is 1. The Bertz CT molecular complexity index is 820. The second-order valence-corrected chi connectivity index (χ2v) is 8.29. The van der Waals surface area contributed by atoms with Crippen molar-refractivity contribution in [3.63, 3.8) is 0 Å². The van der Waals surface area contributed by atoms with Gasteiger partial charge in [0, 0.05) is 36.8 Å². The van der Waals surface area contributed by atoms with Gasteiger partial charge in [0.2, 0.25) is 5.91 Å². The van der Waals surface area contributed by atoms with Crippen molar-refractivity contribution in [3.05, 3.63) is 12.0 Å². The molecule has 0 spiro atoms. The molecule has 160 valence electrons. The Labute approximate surface area is 172 Å². The third kappa shape index (κ3) is 5.63. The van der Waals surface area contributed by atoms with Crippen molar-refractivity contribution < 1.29 is 9.53 Å². The average molecular weight is 404 g/mol. The third-order valence-corrected chi connectivity index (χ3v) is 5.46. The molecule has 0 saturated carbocycles. The normalized spacial score (nSPS) is 18.1. The van der Waals surface area contributed by atoms with Crippen molar-refractivity contribution in [3.8, 4) is 0 Å². The van der Waals surface area contributed by atoms with Gasteiger partial charge in [0.15, 0.2) is 5.65 Å². The molecule has 1 unspecified atom stereocenters. The number of aromatic nitrogens is 4. The first kappa shape index (κ1) is 21.4. The van der Waals surface area contributed by atoms with E-state index in [2.05, 4.69) is 56.5 Å². The van der Waals surface area contributed by atoms with Crippen LogP contribution in [0, 0.1) is 6.92 Å². The molecule has 3 rings (SSSR count). The number of carbonyl (C=O) groups excluding carboxylic acids is 1. The van der Waals surface area contributed by atoms with Crippen LogP contribution in [0.2, 0.25) is 0 Å². The first-order valence-electron chi connectivity index (χ1n) is 10.4. The quantitative estimate of drug-likeness (QED) is 0.549. The van der Waals surface area contributed by atoms with Gasteiger partial charge < -0.3 is 15.4 Å².